The minimum atomic E-state index is -0.149. The second-order valence-electron chi connectivity index (χ2n) is 6.18. The first-order chi connectivity index (χ1) is 12.0. The van der Waals surface area contributed by atoms with Crippen LogP contribution in [0.25, 0.3) is 0 Å². The van der Waals surface area contributed by atoms with E-state index >= 15 is 0 Å². The molecule has 1 aliphatic rings. The van der Waals surface area contributed by atoms with Gasteiger partial charge in [-0.1, -0.05) is 23.7 Å². The summed E-state index contributed by atoms with van der Waals surface area (Å²) >= 11 is 5.98. The predicted molar refractivity (Wildman–Crippen MR) is 95.8 cm³/mol. The molecule has 0 bridgehead atoms. The number of nitrogens with zero attached hydrogens (tertiary/aromatic N) is 1. The molecular formula is C18H25ClN2O4. The van der Waals surface area contributed by atoms with Crippen molar-refractivity contribution in [2.24, 2.45) is 0 Å². The van der Waals surface area contributed by atoms with Crippen LogP contribution in [0, 0.1) is 0 Å². The number of benzene rings is 1. The van der Waals surface area contributed by atoms with Gasteiger partial charge in [0.05, 0.1) is 30.3 Å². The fraction of sp³-hybridized carbons (Fsp3) is 0.556. The third-order valence-electron chi connectivity index (χ3n) is 3.86. The lowest BCUT2D eigenvalue weighted by Gasteiger charge is -2.35. The molecule has 0 saturated carbocycles. The molecule has 6 nitrogen and oxygen atoms in total. The zero-order chi connectivity index (χ0) is 18.2. The van der Waals surface area contributed by atoms with Crippen molar-refractivity contribution in [1.29, 1.82) is 0 Å². The molecule has 7 heteroatoms. The Morgan fingerprint density at radius 3 is 2.60 bits per heavy atom. The first-order valence-electron chi connectivity index (χ1n) is 8.53. The lowest BCUT2D eigenvalue weighted by molar-refractivity contribution is -0.143. The van der Waals surface area contributed by atoms with Gasteiger partial charge in [-0.2, -0.15) is 0 Å². The van der Waals surface area contributed by atoms with Gasteiger partial charge < -0.3 is 19.7 Å². The van der Waals surface area contributed by atoms with Gasteiger partial charge in [0, 0.05) is 26.1 Å². The third-order valence-corrected chi connectivity index (χ3v) is 4.17. The molecule has 1 aromatic carbocycles. The second-order valence-corrected chi connectivity index (χ2v) is 6.59. The number of para-hydroxylation sites is 1. The van der Waals surface area contributed by atoms with E-state index in [1.807, 2.05) is 26.0 Å². The molecule has 0 aliphatic carbocycles. The highest BCUT2D eigenvalue weighted by molar-refractivity contribution is 6.32. The Bertz CT molecular complexity index is 586. The van der Waals surface area contributed by atoms with Gasteiger partial charge in [0.25, 0.3) is 0 Å². The zero-order valence-corrected chi connectivity index (χ0v) is 15.4. The number of halogens is 1. The number of carbonyl (C=O) groups excluding carboxylic acids is 2. The summed E-state index contributed by atoms with van der Waals surface area (Å²) < 4.78 is 11.1. The lowest BCUT2D eigenvalue weighted by Crippen LogP contribution is -2.48. The van der Waals surface area contributed by atoms with E-state index in [1.54, 1.807) is 17.0 Å². The van der Waals surface area contributed by atoms with Gasteiger partial charge in [-0.25, -0.2) is 0 Å². The van der Waals surface area contributed by atoms with Crippen LogP contribution in [0.5, 0.6) is 5.75 Å². The summed E-state index contributed by atoms with van der Waals surface area (Å²) in [5, 5.41) is 3.26. The summed E-state index contributed by atoms with van der Waals surface area (Å²) in [6, 6.07) is 7.12. The standard InChI is InChI=1S/C18H25ClN2O4/c1-13-11-21(12-14(2)25-13)18(23)7-9-20-17(22)8-10-24-16-6-4-3-5-15(16)19/h3-6,13-14H,7-12H2,1-2H3,(H,20,22)/t13-,14-/m0/s1. The molecular weight excluding hydrogens is 344 g/mol. The van der Waals surface area contributed by atoms with E-state index in [0.717, 1.165) is 0 Å². The maximum absolute atomic E-state index is 12.2. The van der Waals surface area contributed by atoms with Crippen LogP contribution in [0.2, 0.25) is 5.02 Å². The quantitative estimate of drug-likeness (QED) is 0.801. The van der Waals surface area contributed by atoms with E-state index in [1.165, 1.54) is 0 Å². The fourth-order valence-corrected chi connectivity index (χ4v) is 2.94. The van der Waals surface area contributed by atoms with E-state index in [2.05, 4.69) is 5.32 Å². The minimum absolute atomic E-state index is 0.0367. The first kappa shape index (κ1) is 19.5. The molecule has 1 fully saturated rings. The molecule has 25 heavy (non-hydrogen) atoms. The van der Waals surface area contributed by atoms with Crippen molar-refractivity contribution in [2.45, 2.75) is 38.9 Å². The number of nitrogens with one attached hydrogen (secondary N) is 1. The highest BCUT2D eigenvalue weighted by Crippen LogP contribution is 2.23. The van der Waals surface area contributed by atoms with Crippen LogP contribution in [-0.4, -0.2) is 55.2 Å². The van der Waals surface area contributed by atoms with Crippen molar-refractivity contribution >= 4 is 23.4 Å². The van der Waals surface area contributed by atoms with Gasteiger partial charge >= 0.3 is 0 Å². The number of hydrogen-bond donors (Lipinski definition) is 1. The van der Waals surface area contributed by atoms with Crippen LogP contribution in [0.3, 0.4) is 0 Å². The Labute approximate surface area is 153 Å². The average molecular weight is 369 g/mol. The van der Waals surface area contributed by atoms with Crippen molar-refractivity contribution in [1.82, 2.24) is 10.2 Å². The molecule has 0 aromatic heterocycles. The summed E-state index contributed by atoms with van der Waals surface area (Å²) in [5.74, 6) is 0.445. The molecule has 1 aliphatic heterocycles. The summed E-state index contributed by atoms with van der Waals surface area (Å²) in [6.45, 7) is 5.67. The molecule has 1 saturated heterocycles. The molecule has 2 rings (SSSR count). The number of rotatable bonds is 7. The Balaban J connectivity index is 1.62. The van der Waals surface area contributed by atoms with E-state index in [-0.39, 0.29) is 43.5 Å². The first-order valence-corrected chi connectivity index (χ1v) is 8.90. The van der Waals surface area contributed by atoms with E-state index in [9.17, 15) is 9.59 Å². The number of carbonyl (C=O) groups is 2. The molecule has 0 unspecified atom stereocenters. The van der Waals surface area contributed by atoms with E-state index in [4.69, 9.17) is 21.1 Å². The van der Waals surface area contributed by atoms with Gasteiger partial charge in [0.1, 0.15) is 5.75 Å². The Hall–Kier alpha value is -1.79. The van der Waals surface area contributed by atoms with Crippen molar-refractivity contribution in [2.75, 3.05) is 26.2 Å². The Morgan fingerprint density at radius 1 is 1.24 bits per heavy atom. The van der Waals surface area contributed by atoms with E-state index < -0.39 is 0 Å². The number of hydrogen-bond acceptors (Lipinski definition) is 4. The predicted octanol–water partition coefficient (Wildman–Crippen LogP) is 2.25. The maximum atomic E-state index is 12.2. The van der Waals surface area contributed by atoms with Crippen LogP contribution >= 0.6 is 11.6 Å². The number of amides is 2. The molecule has 0 radical (unpaired) electrons. The number of ether oxygens (including phenoxy) is 2. The fourth-order valence-electron chi connectivity index (χ4n) is 2.75. The molecule has 2 atom stereocenters. The normalized spacial score (nSPS) is 20.2. The SMILES string of the molecule is C[C@H]1CN(C(=O)CCNC(=O)CCOc2ccccc2Cl)C[C@H](C)O1. The smallest absolute Gasteiger partial charge is 0.224 e. The maximum Gasteiger partial charge on any atom is 0.224 e. The monoisotopic (exact) mass is 368 g/mol. The zero-order valence-electron chi connectivity index (χ0n) is 14.7. The Morgan fingerprint density at radius 2 is 1.92 bits per heavy atom. The summed E-state index contributed by atoms with van der Waals surface area (Å²) in [6.07, 6.45) is 0.593. The highest BCUT2D eigenvalue weighted by Gasteiger charge is 2.25. The van der Waals surface area contributed by atoms with Crippen LogP contribution in [0.4, 0.5) is 0 Å². The highest BCUT2D eigenvalue weighted by atomic mass is 35.5. The third kappa shape index (κ3) is 6.55. The Kier molecular flexibility index (Phi) is 7.52. The van der Waals surface area contributed by atoms with Gasteiger partial charge in [-0.3, -0.25) is 9.59 Å². The van der Waals surface area contributed by atoms with Crippen molar-refractivity contribution in [3.05, 3.63) is 29.3 Å². The topological polar surface area (TPSA) is 67.9 Å². The van der Waals surface area contributed by atoms with Gasteiger partial charge in [0.15, 0.2) is 0 Å². The summed E-state index contributed by atoms with van der Waals surface area (Å²) in [5.41, 5.74) is 0. The second kappa shape index (κ2) is 9.63. The van der Waals surface area contributed by atoms with Gasteiger partial charge in [-0.15, -0.1) is 0 Å². The molecule has 138 valence electrons. The van der Waals surface area contributed by atoms with Crippen molar-refractivity contribution in [3.8, 4) is 5.75 Å². The molecule has 1 heterocycles. The molecule has 1 N–H and O–H groups in total. The number of morpholine rings is 1. The summed E-state index contributed by atoms with van der Waals surface area (Å²) in [7, 11) is 0. The van der Waals surface area contributed by atoms with Gasteiger partial charge in [-0.05, 0) is 26.0 Å². The minimum Gasteiger partial charge on any atom is -0.491 e. The molecule has 1 aromatic rings. The van der Waals surface area contributed by atoms with Crippen LogP contribution < -0.4 is 10.1 Å². The van der Waals surface area contributed by atoms with Crippen LogP contribution in [-0.2, 0) is 14.3 Å². The summed E-state index contributed by atoms with van der Waals surface area (Å²) in [4.78, 5) is 25.8. The van der Waals surface area contributed by atoms with E-state index in [0.29, 0.717) is 30.4 Å². The van der Waals surface area contributed by atoms with Crippen molar-refractivity contribution in [3.63, 3.8) is 0 Å². The van der Waals surface area contributed by atoms with Crippen LogP contribution in [0.1, 0.15) is 26.7 Å². The average Bonchev–Trinajstić information content (AvgIpc) is 2.55. The molecule has 0 spiro atoms. The van der Waals surface area contributed by atoms with Gasteiger partial charge in [0.2, 0.25) is 11.8 Å². The van der Waals surface area contributed by atoms with Crippen molar-refractivity contribution < 1.29 is 19.1 Å². The largest absolute Gasteiger partial charge is 0.491 e. The molecule has 2 amide bonds. The van der Waals surface area contributed by atoms with Crippen LogP contribution in [0.15, 0.2) is 24.3 Å². The lowest BCUT2D eigenvalue weighted by atomic mass is 10.2.